The molecule has 2 rings (SSSR count). The number of carbonyl (C=O) groups is 2. The first-order valence-electron chi connectivity index (χ1n) is 6.50. The molecule has 6 heteroatoms. The summed E-state index contributed by atoms with van der Waals surface area (Å²) >= 11 is 0. The third kappa shape index (κ3) is 3.88. The summed E-state index contributed by atoms with van der Waals surface area (Å²) in [5.74, 6) is -0.204. The highest BCUT2D eigenvalue weighted by molar-refractivity contribution is 5.83. The molecular weight excluding hydrogens is 260 g/mol. The Morgan fingerprint density at radius 2 is 2.20 bits per heavy atom. The highest BCUT2D eigenvalue weighted by atomic mass is 16.5. The van der Waals surface area contributed by atoms with Crippen LogP contribution in [-0.4, -0.2) is 30.3 Å². The van der Waals surface area contributed by atoms with Gasteiger partial charge in [-0.1, -0.05) is 12.1 Å². The Morgan fingerprint density at radius 1 is 1.45 bits per heavy atom. The second-order valence-corrected chi connectivity index (χ2v) is 4.83. The van der Waals surface area contributed by atoms with Gasteiger partial charge in [0.05, 0.1) is 7.11 Å². The van der Waals surface area contributed by atoms with Crippen LogP contribution in [0.5, 0.6) is 5.75 Å². The number of carboxylic acid groups (broad SMARTS) is 1. The minimum atomic E-state index is -0.982. The van der Waals surface area contributed by atoms with Crippen LogP contribution in [0.4, 0.5) is 4.79 Å². The minimum Gasteiger partial charge on any atom is -0.497 e. The highest BCUT2D eigenvalue weighted by Gasteiger charge is 2.37. The Bertz CT molecular complexity index is 500. The molecule has 0 spiro atoms. The lowest BCUT2D eigenvalue weighted by Gasteiger charge is -2.14. The van der Waals surface area contributed by atoms with Crippen molar-refractivity contribution in [3.05, 3.63) is 29.8 Å². The standard InChI is InChI=1S/C14H18N2O4/c1-20-11-4-2-3-9(7-11)8-15-14(19)16-12(13(17)18)10-5-6-10/h2-4,7,10,12H,5-6,8H2,1H3,(H,17,18)(H2,15,16,19). The predicted octanol–water partition coefficient (Wildman–Crippen LogP) is 1.36. The molecule has 0 heterocycles. The first-order valence-corrected chi connectivity index (χ1v) is 6.50. The number of hydrogen-bond donors (Lipinski definition) is 3. The van der Waals surface area contributed by atoms with Gasteiger partial charge in [-0.25, -0.2) is 9.59 Å². The van der Waals surface area contributed by atoms with Crippen molar-refractivity contribution in [3.8, 4) is 5.75 Å². The van der Waals surface area contributed by atoms with Crippen molar-refractivity contribution < 1.29 is 19.4 Å². The van der Waals surface area contributed by atoms with Gasteiger partial charge in [0.15, 0.2) is 0 Å². The second-order valence-electron chi connectivity index (χ2n) is 4.83. The molecule has 108 valence electrons. The van der Waals surface area contributed by atoms with Crippen molar-refractivity contribution in [2.24, 2.45) is 5.92 Å². The number of carboxylic acids is 1. The number of ether oxygens (including phenoxy) is 1. The van der Waals surface area contributed by atoms with Gasteiger partial charge in [-0.2, -0.15) is 0 Å². The van der Waals surface area contributed by atoms with Crippen molar-refractivity contribution in [1.82, 2.24) is 10.6 Å². The summed E-state index contributed by atoms with van der Waals surface area (Å²) in [6.45, 7) is 0.319. The van der Waals surface area contributed by atoms with Crippen LogP contribution in [0.25, 0.3) is 0 Å². The molecule has 1 atom stereocenters. The van der Waals surface area contributed by atoms with Crippen LogP contribution in [-0.2, 0) is 11.3 Å². The van der Waals surface area contributed by atoms with Crippen LogP contribution in [0.15, 0.2) is 24.3 Å². The van der Waals surface area contributed by atoms with E-state index in [9.17, 15) is 9.59 Å². The fraction of sp³-hybridized carbons (Fsp3) is 0.429. The molecule has 0 saturated heterocycles. The first kappa shape index (κ1) is 14.2. The van der Waals surface area contributed by atoms with Crippen LogP contribution in [0.1, 0.15) is 18.4 Å². The fourth-order valence-electron chi connectivity index (χ4n) is 1.97. The zero-order chi connectivity index (χ0) is 14.5. The van der Waals surface area contributed by atoms with Crippen molar-refractivity contribution in [2.75, 3.05) is 7.11 Å². The molecular formula is C14H18N2O4. The van der Waals surface area contributed by atoms with Gasteiger partial charge in [-0.05, 0) is 36.5 Å². The molecule has 0 aliphatic heterocycles. The molecule has 2 amide bonds. The molecule has 0 aromatic heterocycles. The molecule has 1 aliphatic rings. The lowest BCUT2D eigenvalue weighted by Crippen LogP contribution is -2.46. The number of methoxy groups -OCH3 is 1. The molecule has 1 aromatic carbocycles. The Hall–Kier alpha value is -2.24. The highest BCUT2D eigenvalue weighted by Crippen LogP contribution is 2.32. The van der Waals surface area contributed by atoms with E-state index in [1.807, 2.05) is 24.3 Å². The van der Waals surface area contributed by atoms with E-state index in [4.69, 9.17) is 9.84 Å². The van der Waals surface area contributed by atoms with E-state index in [0.29, 0.717) is 12.3 Å². The molecule has 0 bridgehead atoms. The normalized spacial score (nSPS) is 15.2. The van der Waals surface area contributed by atoms with Crippen LogP contribution in [0.2, 0.25) is 0 Å². The van der Waals surface area contributed by atoms with E-state index >= 15 is 0 Å². The van der Waals surface area contributed by atoms with Gasteiger partial charge in [-0.3, -0.25) is 0 Å². The number of benzene rings is 1. The Labute approximate surface area is 117 Å². The Morgan fingerprint density at radius 3 is 2.80 bits per heavy atom. The largest absolute Gasteiger partial charge is 0.497 e. The van der Waals surface area contributed by atoms with Crippen molar-refractivity contribution in [1.29, 1.82) is 0 Å². The molecule has 3 N–H and O–H groups in total. The zero-order valence-corrected chi connectivity index (χ0v) is 11.3. The van der Waals surface area contributed by atoms with Gasteiger partial charge < -0.3 is 20.5 Å². The molecule has 1 saturated carbocycles. The van der Waals surface area contributed by atoms with Gasteiger partial charge in [-0.15, -0.1) is 0 Å². The summed E-state index contributed by atoms with van der Waals surface area (Å²) in [6, 6.07) is 6.07. The second kappa shape index (κ2) is 6.27. The number of rotatable bonds is 6. The Kier molecular flexibility index (Phi) is 4.45. The summed E-state index contributed by atoms with van der Waals surface area (Å²) in [6.07, 6.45) is 1.71. The predicted molar refractivity (Wildman–Crippen MR) is 72.5 cm³/mol. The topological polar surface area (TPSA) is 87.7 Å². The van der Waals surface area contributed by atoms with Gasteiger partial charge >= 0.3 is 12.0 Å². The number of carbonyl (C=O) groups excluding carboxylic acids is 1. The SMILES string of the molecule is COc1cccc(CNC(=O)NC(C(=O)O)C2CC2)c1. The quantitative estimate of drug-likeness (QED) is 0.733. The summed E-state index contributed by atoms with van der Waals surface area (Å²) in [4.78, 5) is 22.7. The van der Waals surface area contributed by atoms with Gasteiger partial charge in [0.2, 0.25) is 0 Å². The molecule has 1 aliphatic carbocycles. The van der Waals surface area contributed by atoms with Gasteiger partial charge in [0, 0.05) is 6.54 Å². The van der Waals surface area contributed by atoms with Crippen LogP contribution in [0, 0.1) is 5.92 Å². The number of aliphatic carboxylic acids is 1. The average molecular weight is 278 g/mol. The molecule has 1 unspecified atom stereocenters. The maximum atomic E-state index is 11.7. The van der Waals surface area contributed by atoms with Crippen LogP contribution >= 0.6 is 0 Å². The molecule has 20 heavy (non-hydrogen) atoms. The van der Waals surface area contributed by atoms with E-state index in [1.54, 1.807) is 7.11 Å². The minimum absolute atomic E-state index is 0.0649. The van der Waals surface area contributed by atoms with Crippen LogP contribution < -0.4 is 15.4 Å². The third-order valence-electron chi connectivity index (χ3n) is 3.23. The maximum Gasteiger partial charge on any atom is 0.326 e. The van der Waals surface area contributed by atoms with Gasteiger partial charge in [0.25, 0.3) is 0 Å². The van der Waals surface area contributed by atoms with Crippen LogP contribution in [0.3, 0.4) is 0 Å². The van der Waals surface area contributed by atoms with E-state index in [0.717, 1.165) is 18.4 Å². The summed E-state index contributed by atoms with van der Waals surface area (Å²) < 4.78 is 5.09. The molecule has 1 fully saturated rings. The van der Waals surface area contributed by atoms with E-state index in [1.165, 1.54) is 0 Å². The van der Waals surface area contributed by atoms with Crippen molar-refractivity contribution in [2.45, 2.75) is 25.4 Å². The average Bonchev–Trinajstić information content (AvgIpc) is 3.27. The van der Waals surface area contributed by atoms with E-state index in [-0.39, 0.29) is 5.92 Å². The molecule has 0 radical (unpaired) electrons. The van der Waals surface area contributed by atoms with E-state index < -0.39 is 18.0 Å². The van der Waals surface area contributed by atoms with Crippen molar-refractivity contribution >= 4 is 12.0 Å². The zero-order valence-electron chi connectivity index (χ0n) is 11.3. The maximum absolute atomic E-state index is 11.7. The summed E-state index contributed by atoms with van der Waals surface area (Å²) in [7, 11) is 1.58. The number of hydrogen-bond acceptors (Lipinski definition) is 3. The van der Waals surface area contributed by atoms with Gasteiger partial charge in [0.1, 0.15) is 11.8 Å². The lowest BCUT2D eigenvalue weighted by molar-refractivity contribution is -0.139. The smallest absolute Gasteiger partial charge is 0.326 e. The number of amides is 2. The van der Waals surface area contributed by atoms with Crippen molar-refractivity contribution in [3.63, 3.8) is 0 Å². The lowest BCUT2D eigenvalue weighted by atomic mass is 10.2. The molecule has 6 nitrogen and oxygen atoms in total. The number of urea groups is 1. The fourth-order valence-corrected chi connectivity index (χ4v) is 1.97. The number of nitrogens with one attached hydrogen (secondary N) is 2. The summed E-state index contributed by atoms with van der Waals surface area (Å²) in [5.41, 5.74) is 0.887. The monoisotopic (exact) mass is 278 g/mol. The molecule has 1 aromatic rings. The Balaban J connectivity index is 1.83. The third-order valence-corrected chi connectivity index (χ3v) is 3.23. The first-order chi connectivity index (χ1) is 9.60. The summed E-state index contributed by atoms with van der Waals surface area (Å²) in [5, 5.41) is 14.2. The van der Waals surface area contributed by atoms with E-state index in [2.05, 4.69) is 10.6 Å².